The molecule has 1 N–H and O–H groups in total. The number of aryl methyl sites for hydroxylation is 2. The van der Waals surface area contributed by atoms with Crippen LogP contribution in [0.25, 0.3) is 28.0 Å². The molecule has 8 nitrogen and oxygen atoms in total. The summed E-state index contributed by atoms with van der Waals surface area (Å²) in [6.45, 7) is 5.80. The van der Waals surface area contributed by atoms with Gasteiger partial charge in [0.1, 0.15) is 12.4 Å². The highest BCUT2D eigenvalue weighted by Crippen LogP contribution is 2.34. The van der Waals surface area contributed by atoms with Crippen molar-refractivity contribution in [3.05, 3.63) is 100 Å². The monoisotopic (exact) mass is 496 g/mol. The van der Waals surface area contributed by atoms with E-state index in [0.29, 0.717) is 11.3 Å². The number of nitrogens with zero attached hydrogens (tertiary/aromatic N) is 4. The van der Waals surface area contributed by atoms with Crippen LogP contribution in [0, 0.1) is 6.92 Å². The highest BCUT2D eigenvalue weighted by atomic mass is 16.6. The van der Waals surface area contributed by atoms with Crippen LogP contribution in [0.15, 0.2) is 77.7 Å². The number of hydrogen-bond acceptors (Lipinski definition) is 5. The van der Waals surface area contributed by atoms with Crippen molar-refractivity contribution in [3.8, 4) is 22.8 Å². The van der Waals surface area contributed by atoms with Crippen molar-refractivity contribution in [2.75, 3.05) is 0 Å². The smallest absolute Gasteiger partial charge is 0.439 e. The molecule has 0 aliphatic heterocycles. The second-order valence-electron chi connectivity index (χ2n) is 9.44. The predicted molar refractivity (Wildman–Crippen MR) is 142 cm³/mol. The number of phenolic OH excluding ortho intramolecular Hbond substituents is 1. The molecule has 3 aromatic carbocycles. The summed E-state index contributed by atoms with van der Waals surface area (Å²) in [5.41, 5.74) is 3.82. The summed E-state index contributed by atoms with van der Waals surface area (Å²) in [5.74, 6) is 0.506. The number of fused-ring (bicyclic) bond motifs is 1. The van der Waals surface area contributed by atoms with Crippen molar-refractivity contribution in [2.24, 2.45) is 7.05 Å². The normalized spacial score (nSPS) is 11.4. The minimum absolute atomic E-state index is 0.0139. The van der Waals surface area contributed by atoms with Gasteiger partial charge < -0.3 is 14.4 Å². The standard InChI is InChI=1S/C29H28N4O4/c1-18(2)23-16-24(19(3)14-26(23)34)27-30-33(29(36)37-17-20-8-6-5-7-9-20)28(35)32(27)22-10-11-25-21(15-22)12-13-31(25)4/h5-16,18,34H,17H2,1-4H3. The first-order chi connectivity index (χ1) is 17.7. The van der Waals surface area contributed by atoms with E-state index in [1.807, 2.05) is 99.2 Å². The molecule has 0 aliphatic carbocycles. The summed E-state index contributed by atoms with van der Waals surface area (Å²) in [5, 5.41) is 15.9. The van der Waals surface area contributed by atoms with Crippen molar-refractivity contribution >= 4 is 17.0 Å². The molecule has 0 saturated heterocycles. The Bertz CT molecular complexity index is 1680. The van der Waals surface area contributed by atoms with Crippen molar-refractivity contribution in [1.29, 1.82) is 0 Å². The van der Waals surface area contributed by atoms with Crippen LogP contribution < -0.4 is 5.69 Å². The lowest BCUT2D eigenvalue weighted by Crippen LogP contribution is -2.30. The fourth-order valence-electron chi connectivity index (χ4n) is 4.49. The van der Waals surface area contributed by atoms with E-state index < -0.39 is 11.8 Å². The molecule has 2 aromatic heterocycles. The molecule has 8 heteroatoms. The summed E-state index contributed by atoms with van der Waals surface area (Å²) in [6.07, 6.45) is 1.08. The maximum Gasteiger partial charge on any atom is 0.439 e. The molecule has 2 heterocycles. The van der Waals surface area contributed by atoms with Gasteiger partial charge in [-0.25, -0.2) is 14.2 Å². The molecular weight excluding hydrogens is 468 g/mol. The molecule has 188 valence electrons. The van der Waals surface area contributed by atoms with Gasteiger partial charge in [-0.15, -0.1) is 9.78 Å². The Kier molecular flexibility index (Phi) is 6.17. The van der Waals surface area contributed by atoms with Gasteiger partial charge in [0.2, 0.25) is 0 Å². The van der Waals surface area contributed by atoms with Gasteiger partial charge in [0.15, 0.2) is 5.82 Å². The molecular formula is C29H28N4O4. The van der Waals surface area contributed by atoms with Crippen LogP contribution in [-0.4, -0.2) is 30.1 Å². The van der Waals surface area contributed by atoms with E-state index in [2.05, 4.69) is 5.10 Å². The topological polar surface area (TPSA) is 91.3 Å². The number of ether oxygens (including phenoxy) is 1. The predicted octanol–water partition coefficient (Wildman–Crippen LogP) is 5.52. The molecule has 37 heavy (non-hydrogen) atoms. The lowest BCUT2D eigenvalue weighted by molar-refractivity contribution is 0.137. The maximum atomic E-state index is 13.7. The Balaban J connectivity index is 1.67. The number of benzene rings is 3. The summed E-state index contributed by atoms with van der Waals surface area (Å²) >= 11 is 0. The first-order valence-electron chi connectivity index (χ1n) is 12.1. The first kappa shape index (κ1) is 24.1. The SMILES string of the molecule is Cc1cc(O)c(C(C)C)cc1-c1nn(C(=O)OCc2ccccc2)c(=O)n1-c1ccc2c(ccn2C)c1. The highest BCUT2D eigenvalue weighted by Gasteiger charge is 2.24. The van der Waals surface area contributed by atoms with Gasteiger partial charge in [0, 0.05) is 29.7 Å². The summed E-state index contributed by atoms with van der Waals surface area (Å²) < 4.78 is 9.59. The van der Waals surface area contributed by atoms with Gasteiger partial charge in [-0.05, 0) is 65.9 Å². The van der Waals surface area contributed by atoms with Crippen LogP contribution >= 0.6 is 0 Å². The number of aromatic nitrogens is 4. The lowest BCUT2D eigenvalue weighted by Gasteiger charge is -2.14. The van der Waals surface area contributed by atoms with Crippen molar-refractivity contribution in [1.82, 2.24) is 18.9 Å². The van der Waals surface area contributed by atoms with Crippen LogP contribution in [0.1, 0.15) is 36.5 Å². The number of aromatic hydroxyl groups is 1. The van der Waals surface area contributed by atoms with Crippen molar-refractivity contribution in [2.45, 2.75) is 33.3 Å². The second-order valence-corrected chi connectivity index (χ2v) is 9.44. The summed E-state index contributed by atoms with van der Waals surface area (Å²) in [6, 6.07) is 20.3. The van der Waals surface area contributed by atoms with Gasteiger partial charge in [-0.1, -0.05) is 44.2 Å². The van der Waals surface area contributed by atoms with Crippen molar-refractivity contribution < 1.29 is 14.6 Å². The van der Waals surface area contributed by atoms with E-state index in [-0.39, 0.29) is 24.1 Å². The Hall–Kier alpha value is -4.59. The average molecular weight is 497 g/mol. The molecule has 0 spiro atoms. The lowest BCUT2D eigenvalue weighted by atomic mass is 9.96. The molecule has 0 fully saturated rings. The van der Waals surface area contributed by atoms with Gasteiger partial charge in [0.25, 0.3) is 0 Å². The minimum atomic E-state index is -0.866. The van der Waals surface area contributed by atoms with Gasteiger partial charge in [-0.3, -0.25) is 0 Å². The van der Waals surface area contributed by atoms with E-state index in [0.717, 1.165) is 32.3 Å². The zero-order valence-corrected chi connectivity index (χ0v) is 21.2. The zero-order valence-electron chi connectivity index (χ0n) is 21.2. The van der Waals surface area contributed by atoms with E-state index in [9.17, 15) is 14.7 Å². The average Bonchev–Trinajstić information content (AvgIpc) is 3.42. The fourth-order valence-corrected chi connectivity index (χ4v) is 4.49. The first-order valence-corrected chi connectivity index (χ1v) is 12.1. The molecule has 0 saturated carbocycles. The molecule has 0 amide bonds. The molecule has 0 atom stereocenters. The largest absolute Gasteiger partial charge is 0.508 e. The second kappa shape index (κ2) is 9.46. The number of carbonyl (C=O) groups excluding carboxylic acids is 1. The molecule has 5 aromatic rings. The molecule has 0 unspecified atom stereocenters. The van der Waals surface area contributed by atoms with Gasteiger partial charge in [-0.2, -0.15) is 0 Å². The molecule has 0 bridgehead atoms. The highest BCUT2D eigenvalue weighted by molar-refractivity contribution is 5.83. The number of carbonyl (C=O) groups is 1. The third-order valence-electron chi connectivity index (χ3n) is 6.52. The van der Waals surface area contributed by atoms with Crippen molar-refractivity contribution in [3.63, 3.8) is 0 Å². The maximum absolute atomic E-state index is 13.7. The van der Waals surface area contributed by atoms with E-state index >= 15 is 0 Å². The Morgan fingerprint density at radius 1 is 1.05 bits per heavy atom. The van der Waals surface area contributed by atoms with Crippen LogP contribution in [0.2, 0.25) is 0 Å². The summed E-state index contributed by atoms with van der Waals surface area (Å²) in [4.78, 5) is 26.7. The molecule has 0 radical (unpaired) electrons. The van der Waals surface area contributed by atoms with E-state index in [1.165, 1.54) is 4.57 Å². The molecule has 5 rings (SSSR count). The third kappa shape index (κ3) is 4.42. The van der Waals surface area contributed by atoms with E-state index in [1.54, 1.807) is 6.07 Å². The van der Waals surface area contributed by atoms with Crippen LogP contribution in [-0.2, 0) is 18.4 Å². The summed E-state index contributed by atoms with van der Waals surface area (Å²) in [7, 11) is 1.95. The minimum Gasteiger partial charge on any atom is -0.508 e. The number of phenols is 1. The zero-order chi connectivity index (χ0) is 26.3. The quantitative estimate of drug-likeness (QED) is 0.346. The number of hydrogen-bond donors (Lipinski definition) is 1. The fraction of sp³-hybridized carbons (Fsp3) is 0.207. The third-order valence-corrected chi connectivity index (χ3v) is 6.52. The van der Waals surface area contributed by atoms with Crippen LogP contribution in [0.5, 0.6) is 5.75 Å². The van der Waals surface area contributed by atoms with Gasteiger partial charge >= 0.3 is 11.8 Å². The van der Waals surface area contributed by atoms with Crippen LogP contribution in [0.3, 0.4) is 0 Å². The Morgan fingerprint density at radius 2 is 1.81 bits per heavy atom. The Morgan fingerprint density at radius 3 is 2.54 bits per heavy atom. The molecule has 0 aliphatic rings. The number of rotatable bonds is 5. The Labute approximate surface area is 214 Å². The van der Waals surface area contributed by atoms with E-state index in [4.69, 9.17) is 4.74 Å². The van der Waals surface area contributed by atoms with Gasteiger partial charge in [0.05, 0.1) is 5.69 Å². The van der Waals surface area contributed by atoms with Crippen LogP contribution in [0.4, 0.5) is 4.79 Å².